The van der Waals surface area contributed by atoms with Crippen LogP contribution in [-0.4, -0.2) is 19.0 Å². The van der Waals surface area contributed by atoms with E-state index in [9.17, 15) is 0 Å². The second-order valence-electron chi connectivity index (χ2n) is 4.78. The Hall–Kier alpha value is 0.400. The maximum Gasteiger partial charge on any atom is -0.147 e. The summed E-state index contributed by atoms with van der Waals surface area (Å²) in [6.07, 6.45) is 8.03. The number of allylic oxidation sites excluding steroid dienone is 4. The Bertz CT molecular complexity index is 446. The van der Waals surface area contributed by atoms with Crippen molar-refractivity contribution in [2.45, 2.75) is 16.6 Å². The second-order valence-corrected chi connectivity index (χ2v) is 11.5. The molecule has 0 amide bonds. The van der Waals surface area contributed by atoms with Crippen LogP contribution in [0.1, 0.15) is 18.9 Å². The van der Waals surface area contributed by atoms with Gasteiger partial charge in [-0.3, -0.25) is 0 Å². The molecule has 0 spiro atoms. The molecule has 5 heteroatoms. The molecule has 112 valence electrons. The van der Waals surface area contributed by atoms with Gasteiger partial charge in [0, 0.05) is 0 Å². The van der Waals surface area contributed by atoms with Crippen LogP contribution in [0.5, 0.6) is 0 Å². The van der Waals surface area contributed by atoms with Gasteiger partial charge in [0.15, 0.2) is 0 Å². The van der Waals surface area contributed by atoms with Crippen LogP contribution in [0.3, 0.4) is 0 Å². The third-order valence-electron chi connectivity index (χ3n) is 3.41. The van der Waals surface area contributed by atoms with E-state index >= 15 is 0 Å². The third-order valence-corrected chi connectivity index (χ3v) is 10.3. The van der Waals surface area contributed by atoms with Crippen LogP contribution in [-0.2, 0) is 26.2 Å². The first-order chi connectivity index (χ1) is 8.13. The van der Waals surface area contributed by atoms with E-state index in [2.05, 4.69) is 74.5 Å². The van der Waals surface area contributed by atoms with E-state index in [4.69, 9.17) is 0 Å². The molecule has 0 saturated heterocycles. The molecule has 1 atom stereocenters. The summed E-state index contributed by atoms with van der Waals surface area (Å²) in [4.78, 5) is 2.41. The fourth-order valence-corrected chi connectivity index (χ4v) is 7.66. The molecule has 1 nitrogen and oxygen atoms in total. The van der Waals surface area contributed by atoms with Gasteiger partial charge in [-0.1, -0.05) is 0 Å². The fourth-order valence-electron chi connectivity index (χ4n) is 2.06. The van der Waals surface area contributed by atoms with Gasteiger partial charge in [-0.2, -0.15) is 0 Å². The molecule has 1 aliphatic rings. The van der Waals surface area contributed by atoms with E-state index in [1.54, 1.807) is 3.33 Å². The van der Waals surface area contributed by atoms with Crippen molar-refractivity contribution in [3.63, 3.8) is 0 Å². The maximum atomic E-state index is 2.41. The second kappa shape index (κ2) is 10.2. The summed E-state index contributed by atoms with van der Waals surface area (Å²) in [7, 11) is 4.42. The molecule has 1 aromatic rings. The summed E-state index contributed by atoms with van der Waals surface area (Å²) in [6.45, 7) is 2.41. The Kier molecular flexibility index (Phi) is 11.5. The van der Waals surface area contributed by atoms with Gasteiger partial charge in [-0.25, -0.2) is 0 Å². The minimum absolute atomic E-state index is 0. The van der Waals surface area contributed by atoms with Crippen molar-refractivity contribution in [3.05, 3.63) is 57.5 Å². The molecule has 20 heavy (non-hydrogen) atoms. The van der Waals surface area contributed by atoms with Crippen molar-refractivity contribution in [1.82, 2.24) is 4.90 Å². The van der Waals surface area contributed by atoms with E-state index in [1.165, 1.54) is 12.0 Å². The van der Waals surface area contributed by atoms with E-state index in [0.29, 0.717) is 0 Å². The minimum atomic E-state index is -0.880. The minimum Gasteiger partial charge on any atom is -0.147 e. The van der Waals surface area contributed by atoms with Gasteiger partial charge in [0.05, 0.1) is 0 Å². The van der Waals surface area contributed by atoms with Gasteiger partial charge in [0.1, 0.15) is 0 Å². The number of halogens is 3. The van der Waals surface area contributed by atoms with Crippen molar-refractivity contribution in [1.29, 1.82) is 0 Å². The Morgan fingerprint density at radius 2 is 1.65 bits per heavy atom. The molecular formula is C15H22Cl3HfN. The standard InChI is InChI=1S/C10H14N.C5H5.3ClH.Hf/c1-9(11(2)3)10-7-5-4-6-8-10;1-2-4-5-3-1;;;;/h4-8H,1-3H3;1-3H,4H2;3*1H;. The summed E-state index contributed by atoms with van der Waals surface area (Å²) >= 11 is -0.880. The van der Waals surface area contributed by atoms with E-state index in [0.717, 1.165) is 0 Å². The molecule has 1 aliphatic carbocycles. The molecule has 0 radical (unpaired) electrons. The number of rotatable bonds is 4. The van der Waals surface area contributed by atoms with E-state index in [-0.39, 0.29) is 40.5 Å². The van der Waals surface area contributed by atoms with Crippen LogP contribution >= 0.6 is 37.2 Å². The molecular weight excluding hydrogens is 479 g/mol. The smallest absolute Gasteiger partial charge is 0.147 e. The summed E-state index contributed by atoms with van der Waals surface area (Å²) in [6, 6.07) is 11.0. The first kappa shape index (κ1) is 22.7. The largest absolute Gasteiger partial charge is 0.147 e. The van der Waals surface area contributed by atoms with Crippen LogP contribution < -0.4 is 0 Å². The zero-order valence-electron chi connectivity index (χ0n) is 12.0. The summed E-state index contributed by atoms with van der Waals surface area (Å²) < 4.78 is 1.99. The van der Waals surface area contributed by atoms with Crippen LogP contribution in [0, 0.1) is 0 Å². The van der Waals surface area contributed by atoms with Crippen molar-refractivity contribution in [2.24, 2.45) is 0 Å². The van der Waals surface area contributed by atoms with Gasteiger partial charge >= 0.3 is 116 Å². The first-order valence-electron chi connectivity index (χ1n) is 6.00. The number of hydrogen-bond acceptors (Lipinski definition) is 1. The maximum absolute atomic E-state index is 2.41. The molecule has 0 bridgehead atoms. The van der Waals surface area contributed by atoms with Gasteiger partial charge in [0.25, 0.3) is 0 Å². The topological polar surface area (TPSA) is 3.24 Å². The summed E-state index contributed by atoms with van der Waals surface area (Å²) in [5, 5.41) is 0. The Morgan fingerprint density at radius 3 is 2.10 bits per heavy atom. The predicted octanol–water partition coefficient (Wildman–Crippen LogP) is 4.61. The van der Waals surface area contributed by atoms with Gasteiger partial charge < -0.3 is 0 Å². The van der Waals surface area contributed by atoms with Crippen molar-refractivity contribution < 1.29 is 22.9 Å². The van der Waals surface area contributed by atoms with Gasteiger partial charge in [0.2, 0.25) is 0 Å². The molecule has 0 heterocycles. The normalized spacial score (nSPS) is 15.3. The summed E-state index contributed by atoms with van der Waals surface area (Å²) in [5.74, 6) is 0. The SMILES string of the molecule is CN(C)[C](C)([Hf][C]1=CC=CC1)c1ccccc1.Cl.Cl.Cl. The van der Waals surface area contributed by atoms with Crippen LogP contribution in [0.4, 0.5) is 0 Å². The Balaban J connectivity index is 0. The molecule has 0 aliphatic heterocycles. The summed E-state index contributed by atoms with van der Waals surface area (Å²) in [5.41, 5.74) is 1.47. The molecule has 0 N–H and O–H groups in total. The van der Waals surface area contributed by atoms with E-state index in [1.807, 2.05) is 0 Å². The van der Waals surface area contributed by atoms with Crippen LogP contribution in [0.15, 0.2) is 51.9 Å². The molecule has 2 rings (SSSR count). The van der Waals surface area contributed by atoms with Crippen LogP contribution in [0.25, 0.3) is 0 Å². The third kappa shape index (κ3) is 5.31. The molecule has 0 aromatic heterocycles. The fraction of sp³-hybridized carbons (Fsp3) is 0.333. The number of benzene rings is 1. The quantitative estimate of drug-likeness (QED) is 0.545. The molecule has 0 saturated carbocycles. The average Bonchev–Trinajstić information content (AvgIpc) is 2.82. The zero-order valence-corrected chi connectivity index (χ0v) is 18.0. The predicted molar refractivity (Wildman–Crippen MR) is 91.1 cm³/mol. The Morgan fingerprint density at radius 1 is 1.05 bits per heavy atom. The number of nitrogens with zero attached hydrogens (tertiary/aromatic N) is 1. The van der Waals surface area contributed by atoms with E-state index < -0.39 is 22.9 Å². The monoisotopic (exact) mass is 501 g/mol. The first-order valence-corrected chi connectivity index (χ1v) is 9.59. The average molecular weight is 501 g/mol. The molecule has 1 aromatic carbocycles. The van der Waals surface area contributed by atoms with Gasteiger partial charge in [-0.15, -0.1) is 37.2 Å². The van der Waals surface area contributed by atoms with Crippen LogP contribution in [0.2, 0.25) is 0 Å². The van der Waals surface area contributed by atoms with Crippen molar-refractivity contribution in [2.75, 3.05) is 14.1 Å². The molecule has 0 fully saturated rings. The zero-order chi connectivity index (χ0) is 12.3. The van der Waals surface area contributed by atoms with Crippen molar-refractivity contribution >= 4 is 37.2 Å². The van der Waals surface area contributed by atoms with Crippen molar-refractivity contribution in [3.8, 4) is 0 Å². The van der Waals surface area contributed by atoms with Gasteiger partial charge in [-0.05, 0) is 0 Å². The number of hydrogen-bond donors (Lipinski definition) is 0. The Labute approximate surface area is 152 Å². The molecule has 1 unspecified atom stereocenters.